The van der Waals surface area contributed by atoms with Crippen LogP contribution in [0.25, 0.3) is 0 Å². The van der Waals surface area contributed by atoms with Crippen molar-refractivity contribution in [1.82, 2.24) is 4.90 Å². The van der Waals surface area contributed by atoms with Crippen LogP contribution in [0.5, 0.6) is 0 Å². The molecule has 1 heterocycles. The van der Waals surface area contributed by atoms with Gasteiger partial charge in [-0.25, -0.2) is 0 Å². The van der Waals surface area contributed by atoms with Crippen LogP contribution < -0.4 is 0 Å². The van der Waals surface area contributed by atoms with Crippen LogP contribution in [0, 0.1) is 0 Å². The third kappa shape index (κ3) is 1.78. The van der Waals surface area contributed by atoms with E-state index >= 15 is 0 Å². The fraction of sp³-hybridized carbons (Fsp3) is 0.909. The summed E-state index contributed by atoms with van der Waals surface area (Å²) in [6.07, 6.45) is 4.96. The summed E-state index contributed by atoms with van der Waals surface area (Å²) in [4.78, 5) is 13.4. The Morgan fingerprint density at radius 3 is 2.08 bits per heavy atom. The normalized spacial score (nSPS) is 29.7. The quantitative estimate of drug-likeness (QED) is 0.621. The summed E-state index contributed by atoms with van der Waals surface area (Å²) in [5, 5.41) is 0. The molecule has 0 aromatic rings. The fourth-order valence-electron chi connectivity index (χ4n) is 2.33. The minimum atomic E-state index is 0.234. The first-order valence-electron chi connectivity index (χ1n) is 5.39. The Balaban J connectivity index is 0.000000396. The second-order valence-electron chi connectivity index (χ2n) is 4.00. The summed E-state index contributed by atoms with van der Waals surface area (Å²) in [6.45, 7) is 5.71. The van der Waals surface area contributed by atoms with Gasteiger partial charge in [0.1, 0.15) is 5.78 Å². The summed E-state index contributed by atoms with van der Waals surface area (Å²) in [6, 6.07) is 0.234. The minimum Gasteiger partial charge on any atom is -0.298 e. The molecule has 1 spiro atoms. The zero-order chi connectivity index (χ0) is 10.1. The lowest BCUT2D eigenvalue weighted by atomic mass is 10.1. The molecule has 0 aromatic heterocycles. The molecule has 0 amide bonds. The number of hydrogen-bond donors (Lipinski definition) is 0. The van der Waals surface area contributed by atoms with Crippen molar-refractivity contribution in [3.8, 4) is 0 Å². The Hall–Kier alpha value is -0.370. The molecule has 2 heteroatoms. The van der Waals surface area contributed by atoms with Crippen molar-refractivity contribution in [3.05, 3.63) is 0 Å². The molecule has 0 N–H and O–H groups in total. The number of hydrogen-bond acceptors (Lipinski definition) is 2. The van der Waals surface area contributed by atoms with Crippen molar-refractivity contribution in [2.45, 2.75) is 58.0 Å². The third-order valence-corrected chi connectivity index (χ3v) is 3.40. The number of carbonyl (C=O) groups is 1. The largest absolute Gasteiger partial charge is 0.298 e. The van der Waals surface area contributed by atoms with Gasteiger partial charge >= 0.3 is 0 Å². The van der Waals surface area contributed by atoms with Gasteiger partial charge in [-0.2, -0.15) is 0 Å². The number of carbonyl (C=O) groups excluding carboxylic acids is 1. The number of Topliss-reactive ketones (excluding diaryl/α,β-unsaturated/α-hetero) is 1. The maximum absolute atomic E-state index is 11.1. The van der Waals surface area contributed by atoms with Crippen molar-refractivity contribution >= 4 is 5.78 Å². The SMILES string of the molecule is CC.CC(=O)[C@@H]1CCC2(CC2)N1C. The van der Waals surface area contributed by atoms with E-state index in [0.717, 1.165) is 6.42 Å². The van der Waals surface area contributed by atoms with Gasteiger partial charge in [-0.15, -0.1) is 0 Å². The van der Waals surface area contributed by atoms with Crippen LogP contribution in [0.15, 0.2) is 0 Å². The molecule has 2 rings (SSSR count). The van der Waals surface area contributed by atoms with Gasteiger partial charge in [0.05, 0.1) is 6.04 Å². The second-order valence-corrected chi connectivity index (χ2v) is 4.00. The summed E-state index contributed by atoms with van der Waals surface area (Å²) < 4.78 is 0. The minimum absolute atomic E-state index is 0.234. The van der Waals surface area contributed by atoms with Gasteiger partial charge in [0.2, 0.25) is 0 Å². The molecule has 1 saturated heterocycles. The van der Waals surface area contributed by atoms with E-state index in [1.807, 2.05) is 13.8 Å². The van der Waals surface area contributed by atoms with E-state index in [1.54, 1.807) is 6.92 Å². The van der Waals surface area contributed by atoms with Crippen LogP contribution in [-0.2, 0) is 4.79 Å². The second kappa shape index (κ2) is 3.79. The number of nitrogens with zero attached hydrogens (tertiary/aromatic N) is 1. The van der Waals surface area contributed by atoms with Crippen LogP contribution in [0.4, 0.5) is 0 Å². The van der Waals surface area contributed by atoms with Gasteiger partial charge in [-0.3, -0.25) is 9.69 Å². The summed E-state index contributed by atoms with van der Waals surface area (Å²) in [5.74, 6) is 0.344. The zero-order valence-corrected chi connectivity index (χ0v) is 9.26. The predicted octanol–water partition coefficient (Wildman–Crippen LogP) is 2.23. The van der Waals surface area contributed by atoms with Gasteiger partial charge in [0, 0.05) is 5.54 Å². The van der Waals surface area contributed by atoms with Gasteiger partial charge in [-0.05, 0) is 39.7 Å². The molecule has 1 aliphatic carbocycles. The lowest BCUT2D eigenvalue weighted by Gasteiger charge is -2.23. The number of ketones is 1. The van der Waals surface area contributed by atoms with E-state index in [1.165, 1.54) is 19.3 Å². The molecule has 76 valence electrons. The summed E-state index contributed by atoms with van der Waals surface area (Å²) in [5.41, 5.74) is 0.469. The zero-order valence-electron chi connectivity index (χ0n) is 9.26. The molecule has 1 saturated carbocycles. The highest BCUT2D eigenvalue weighted by atomic mass is 16.1. The highest BCUT2D eigenvalue weighted by Crippen LogP contribution is 2.50. The molecule has 1 atom stereocenters. The van der Waals surface area contributed by atoms with Crippen molar-refractivity contribution in [2.75, 3.05) is 7.05 Å². The highest BCUT2D eigenvalue weighted by molar-refractivity contribution is 5.82. The van der Waals surface area contributed by atoms with Gasteiger partial charge in [0.15, 0.2) is 0 Å². The van der Waals surface area contributed by atoms with E-state index < -0.39 is 0 Å². The van der Waals surface area contributed by atoms with Gasteiger partial charge in [-0.1, -0.05) is 13.8 Å². The van der Waals surface area contributed by atoms with E-state index in [-0.39, 0.29) is 6.04 Å². The molecule has 2 aliphatic rings. The monoisotopic (exact) mass is 183 g/mol. The first-order valence-corrected chi connectivity index (χ1v) is 5.39. The first kappa shape index (κ1) is 10.7. The maximum Gasteiger partial charge on any atom is 0.146 e. The van der Waals surface area contributed by atoms with Gasteiger partial charge in [0.25, 0.3) is 0 Å². The number of likely N-dealkylation sites (tertiary alicyclic amines) is 1. The topological polar surface area (TPSA) is 20.3 Å². The third-order valence-electron chi connectivity index (χ3n) is 3.40. The Morgan fingerprint density at radius 2 is 1.85 bits per heavy atom. The van der Waals surface area contributed by atoms with Crippen molar-refractivity contribution in [1.29, 1.82) is 0 Å². The molecule has 0 aromatic carbocycles. The molecule has 2 nitrogen and oxygen atoms in total. The van der Waals surface area contributed by atoms with Crippen molar-refractivity contribution < 1.29 is 4.79 Å². The number of rotatable bonds is 1. The molecule has 1 aliphatic heterocycles. The molecule has 0 bridgehead atoms. The van der Waals surface area contributed by atoms with Crippen LogP contribution in [-0.4, -0.2) is 29.3 Å². The lowest BCUT2D eigenvalue weighted by Crippen LogP contribution is -2.37. The Kier molecular flexibility index (Phi) is 3.12. The van der Waals surface area contributed by atoms with E-state index in [0.29, 0.717) is 11.3 Å². The smallest absolute Gasteiger partial charge is 0.146 e. The predicted molar refractivity (Wildman–Crippen MR) is 54.8 cm³/mol. The standard InChI is InChI=1S/C9H15NO.C2H6/c1-7(11)8-3-4-9(5-6-9)10(8)2;1-2/h8H,3-6H2,1-2H3;1-2H3/t8-;/m0./s1. The number of likely N-dealkylation sites (N-methyl/N-ethyl adjacent to an activating group) is 1. The average molecular weight is 183 g/mol. The molecule has 0 radical (unpaired) electrons. The van der Waals surface area contributed by atoms with Gasteiger partial charge < -0.3 is 0 Å². The van der Waals surface area contributed by atoms with E-state index in [4.69, 9.17) is 0 Å². The van der Waals surface area contributed by atoms with Crippen LogP contribution in [0.3, 0.4) is 0 Å². The van der Waals surface area contributed by atoms with Crippen LogP contribution in [0.2, 0.25) is 0 Å². The Bertz CT molecular complexity index is 196. The summed E-state index contributed by atoms with van der Waals surface area (Å²) in [7, 11) is 2.10. The Morgan fingerprint density at radius 1 is 1.31 bits per heavy atom. The molecular formula is C11H21NO. The van der Waals surface area contributed by atoms with Crippen LogP contribution >= 0.6 is 0 Å². The highest BCUT2D eigenvalue weighted by Gasteiger charge is 2.53. The average Bonchev–Trinajstić information content (AvgIpc) is 2.81. The first-order chi connectivity index (χ1) is 6.16. The molecule has 2 fully saturated rings. The molecular weight excluding hydrogens is 162 g/mol. The molecule has 13 heavy (non-hydrogen) atoms. The summed E-state index contributed by atoms with van der Waals surface area (Å²) >= 11 is 0. The van der Waals surface area contributed by atoms with Crippen LogP contribution in [0.1, 0.15) is 46.5 Å². The Labute approximate surface area is 81.3 Å². The van der Waals surface area contributed by atoms with Crippen molar-refractivity contribution in [3.63, 3.8) is 0 Å². The van der Waals surface area contributed by atoms with E-state index in [9.17, 15) is 4.79 Å². The lowest BCUT2D eigenvalue weighted by molar-refractivity contribution is -0.121. The van der Waals surface area contributed by atoms with Crippen molar-refractivity contribution in [2.24, 2.45) is 0 Å². The van der Waals surface area contributed by atoms with E-state index in [2.05, 4.69) is 11.9 Å². The molecule has 0 unspecified atom stereocenters. The fourth-order valence-corrected chi connectivity index (χ4v) is 2.33. The maximum atomic E-state index is 11.1.